The van der Waals surface area contributed by atoms with E-state index in [2.05, 4.69) is 10.3 Å². The fraction of sp³-hybridized carbons (Fsp3) is 0.120. The minimum Gasteiger partial charge on any atom is -0.348 e. The number of carbonyl (C=O) groups is 1. The zero-order chi connectivity index (χ0) is 23.3. The van der Waals surface area contributed by atoms with E-state index >= 15 is 0 Å². The number of rotatable bonds is 8. The fourth-order valence-electron chi connectivity index (χ4n) is 3.45. The van der Waals surface area contributed by atoms with Gasteiger partial charge >= 0.3 is 0 Å². The summed E-state index contributed by atoms with van der Waals surface area (Å²) in [6.45, 7) is 1.02. The van der Waals surface area contributed by atoms with Crippen LogP contribution in [0.1, 0.15) is 21.5 Å². The molecule has 4 rings (SSSR count). The molecule has 0 saturated heterocycles. The Kier molecular flexibility index (Phi) is 6.55. The van der Waals surface area contributed by atoms with E-state index in [0.717, 1.165) is 11.1 Å². The summed E-state index contributed by atoms with van der Waals surface area (Å²) in [7, 11) is -2.31. The van der Waals surface area contributed by atoms with Gasteiger partial charge in [-0.2, -0.15) is 0 Å². The number of sulfonamides is 1. The standard InChI is InChI=1S/C25H24N4O3S/c1-28(23-10-3-2-4-11-23)33(31,32)24-12-6-9-22(16-24)25(30)27-17-20-7-5-8-21(15-20)18-29-14-13-26-19-29/h2-16,19H,17-18H2,1H3,(H,27,30). The largest absolute Gasteiger partial charge is 0.348 e. The number of para-hydroxylation sites is 1. The summed E-state index contributed by atoms with van der Waals surface area (Å²) in [4.78, 5) is 16.9. The molecule has 33 heavy (non-hydrogen) atoms. The highest BCUT2D eigenvalue weighted by molar-refractivity contribution is 7.92. The average molecular weight is 461 g/mol. The van der Waals surface area contributed by atoms with Gasteiger partial charge in [-0.1, -0.05) is 48.5 Å². The Labute approximate surface area is 193 Å². The second-order valence-corrected chi connectivity index (χ2v) is 9.54. The van der Waals surface area contributed by atoms with Crippen molar-refractivity contribution >= 4 is 21.6 Å². The summed E-state index contributed by atoms with van der Waals surface area (Å²) < 4.78 is 29.3. The first-order valence-corrected chi connectivity index (χ1v) is 11.8. The Balaban J connectivity index is 1.45. The van der Waals surface area contributed by atoms with Crippen LogP contribution in [0.5, 0.6) is 0 Å². The van der Waals surface area contributed by atoms with Gasteiger partial charge in [-0.05, 0) is 41.5 Å². The molecule has 0 atom stereocenters. The number of hydrogen-bond acceptors (Lipinski definition) is 4. The molecule has 3 aromatic carbocycles. The zero-order valence-corrected chi connectivity index (χ0v) is 18.9. The third-order valence-corrected chi connectivity index (χ3v) is 7.02. The molecule has 0 fully saturated rings. The van der Waals surface area contributed by atoms with Crippen LogP contribution in [0.25, 0.3) is 0 Å². The summed E-state index contributed by atoms with van der Waals surface area (Å²) in [6, 6.07) is 22.8. The minimum absolute atomic E-state index is 0.0591. The van der Waals surface area contributed by atoms with Gasteiger partial charge in [-0.25, -0.2) is 13.4 Å². The van der Waals surface area contributed by atoms with E-state index in [1.807, 2.05) is 41.1 Å². The van der Waals surface area contributed by atoms with Crippen molar-refractivity contribution in [1.29, 1.82) is 0 Å². The van der Waals surface area contributed by atoms with Crippen molar-refractivity contribution in [2.75, 3.05) is 11.4 Å². The predicted octanol–water partition coefficient (Wildman–Crippen LogP) is 3.69. The van der Waals surface area contributed by atoms with Crippen LogP contribution < -0.4 is 9.62 Å². The van der Waals surface area contributed by atoms with Crippen molar-refractivity contribution in [3.05, 3.63) is 114 Å². The smallest absolute Gasteiger partial charge is 0.264 e. The number of hydrogen-bond donors (Lipinski definition) is 1. The molecule has 0 aliphatic heterocycles. The summed E-state index contributed by atoms with van der Waals surface area (Å²) in [5.74, 6) is -0.338. The summed E-state index contributed by atoms with van der Waals surface area (Å²) in [5.41, 5.74) is 2.88. The maximum absolute atomic E-state index is 13.0. The van der Waals surface area contributed by atoms with Crippen LogP contribution in [0.15, 0.2) is 102 Å². The Morgan fingerprint density at radius 1 is 0.970 bits per heavy atom. The summed E-state index contributed by atoms with van der Waals surface area (Å²) in [6.07, 6.45) is 5.38. The van der Waals surface area contributed by atoms with Gasteiger partial charge in [-0.15, -0.1) is 0 Å². The molecule has 1 amide bonds. The number of nitrogens with one attached hydrogen (secondary N) is 1. The van der Waals surface area contributed by atoms with E-state index in [0.29, 0.717) is 18.8 Å². The minimum atomic E-state index is -3.80. The third-order valence-electron chi connectivity index (χ3n) is 5.24. The lowest BCUT2D eigenvalue weighted by Crippen LogP contribution is -2.27. The second-order valence-electron chi connectivity index (χ2n) is 7.57. The number of imidazole rings is 1. The number of amides is 1. The fourth-order valence-corrected chi connectivity index (χ4v) is 4.69. The Morgan fingerprint density at radius 3 is 2.48 bits per heavy atom. The van der Waals surface area contributed by atoms with Crippen LogP contribution in [-0.4, -0.2) is 30.9 Å². The lowest BCUT2D eigenvalue weighted by atomic mass is 10.1. The van der Waals surface area contributed by atoms with E-state index in [4.69, 9.17) is 0 Å². The van der Waals surface area contributed by atoms with Crippen molar-refractivity contribution in [3.8, 4) is 0 Å². The quantitative estimate of drug-likeness (QED) is 0.435. The molecule has 0 unspecified atom stereocenters. The molecule has 4 aromatic rings. The topological polar surface area (TPSA) is 84.3 Å². The van der Waals surface area contributed by atoms with Crippen molar-refractivity contribution in [2.45, 2.75) is 18.0 Å². The van der Waals surface area contributed by atoms with Gasteiger partial charge in [0.2, 0.25) is 0 Å². The molecule has 0 spiro atoms. The van der Waals surface area contributed by atoms with Crippen LogP contribution in [0.3, 0.4) is 0 Å². The van der Waals surface area contributed by atoms with Crippen molar-refractivity contribution < 1.29 is 13.2 Å². The van der Waals surface area contributed by atoms with Crippen LogP contribution in [-0.2, 0) is 23.1 Å². The number of benzene rings is 3. The molecule has 0 saturated carbocycles. The lowest BCUT2D eigenvalue weighted by Gasteiger charge is -2.19. The SMILES string of the molecule is CN(c1ccccc1)S(=O)(=O)c1cccc(C(=O)NCc2cccc(Cn3ccnc3)c2)c1. The van der Waals surface area contributed by atoms with E-state index in [-0.39, 0.29) is 16.4 Å². The molecule has 0 aliphatic carbocycles. The third kappa shape index (κ3) is 5.30. The van der Waals surface area contributed by atoms with Crippen LogP contribution >= 0.6 is 0 Å². The highest BCUT2D eigenvalue weighted by atomic mass is 32.2. The van der Waals surface area contributed by atoms with Crippen LogP contribution in [0.2, 0.25) is 0 Å². The lowest BCUT2D eigenvalue weighted by molar-refractivity contribution is 0.0950. The summed E-state index contributed by atoms with van der Waals surface area (Å²) >= 11 is 0. The molecule has 1 aromatic heterocycles. The number of carbonyl (C=O) groups excluding carboxylic acids is 1. The van der Waals surface area contributed by atoms with Gasteiger partial charge in [0.25, 0.3) is 15.9 Å². The first-order chi connectivity index (χ1) is 15.9. The molecular formula is C25H24N4O3S. The second kappa shape index (κ2) is 9.70. The highest BCUT2D eigenvalue weighted by Gasteiger charge is 2.22. The van der Waals surface area contributed by atoms with Gasteiger partial charge in [0.15, 0.2) is 0 Å². The van der Waals surface area contributed by atoms with Crippen LogP contribution in [0.4, 0.5) is 5.69 Å². The van der Waals surface area contributed by atoms with Gasteiger partial charge in [0.1, 0.15) is 0 Å². The van der Waals surface area contributed by atoms with E-state index < -0.39 is 10.0 Å². The van der Waals surface area contributed by atoms with Gasteiger partial charge in [-0.3, -0.25) is 9.10 Å². The van der Waals surface area contributed by atoms with E-state index in [1.54, 1.807) is 48.9 Å². The van der Waals surface area contributed by atoms with Crippen molar-refractivity contribution in [3.63, 3.8) is 0 Å². The molecule has 7 nitrogen and oxygen atoms in total. The number of nitrogens with zero attached hydrogens (tertiary/aromatic N) is 3. The Morgan fingerprint density at radius 2 is 1.73 bits per heavy atom. The van der Waals surface area contributed by atoms with Crippen molar-refractivity contribution in [2.24, 2.45) is 0 Å². The van der Waals surface area contributed by atoms with Crippen molar-refractivity contribution in [1.82, 2.24) is 14.9 Å². The zero-order valence-electron chi connectivity index (χ0n) is 18.1. The molecule has 1 heterocycles. The average Bonchev–Trinajstić information content (AvgIpc) is 3.36. The number of aromatic nitrogens is 2. The summed E-state index contributed by atoms with van der Waals surface area (Å²) in [5, 5.41) is 2.87. The number of anilines is 1. The highest BCUT2D eigenvalue weighted by Crippen LogP contribution is 2.22. The first kappa shape index (κ1) is 22.3. The van der Waals surface area contributed by atoms with Gasteiger partial charge < -0.3 is 9.88 Å². The molecule has 8 heteroatoms. The molecule has 1 N–H and O–H groups in total. The van der Waals surface area contributed by atoms with E-state index in [9.17, 15) is 13.2 Å². The predicted molar refractivity (Wildman–Crippen MR) is 127 cm³/mol. The molecule has 168 valence electrons. The Hall–Kier alpha value is -3.91. The molecule has 0 bridgehead atoms. The normalized spacial score (nSPS) is 11.2. The maximum Gasteiger partial charge on any atom is 0.264 e. The van der Waals surface area contributed by atoms with E-state index in [1.165, 1.54) is 23.5 Å². The first-order valence-electron chi connectivity index (χ1n) is 10.4. The van der Waals surface area contributed by atoms with Gasteiger partial charge in [0, 0.05) is 38.1 Å². The molecule has 0 radical (unpaired) electrons. The monoisotopic (exact) mass is 460 g/mol. The molecule has 0 aliphatic rings. The molecular weight excluding hydrogens is 436 g/mol. The Bertz CT molecular complexity index is 1340. The maximum atomic E-state index is 13.0. The van der Waals surface area contributed by atoms with Gasteiger partial charge in [0.05, 0.1) is 16.9 Å². The van der Waals surface area contributed by atoms with Crippen LogP contribution in [0, 0.1) is 0 Å².